The first-order valence-electron chi connectivity index (χ1n) is 5.47. The molecule has 1 saturated carbocycles. The molecule has 0 aromatic heterocycles. The molecule has 0 heterocycles. The number of hydrogen-bond acceptors (Lipinski definition) is 2. The lowest BCUT2D eigenvalue weighted by Crippen LogP contribution is -2.20. The normalized spacial score (nSPS) is 23.8. The average Bonchev–Trinajstić information content (AvgIpc) is 2.15. The maximum absolute atomic E-state index is 11.4. The summed E-state index contributed by atoms with van der Waals surface area (Å²) in [5.74, 6) is 0.707. The van der Waals surface area contributed by atoms with Crippen LogP contribution in [0.2, 0.25) is 5.02 Å². The Labute approximate surface area is 100 Å². The van der Waals surface area contributed by atoms with Gasteiger partial charge in [0.1, 0.15) is 5.78 Å². The van der Waals surface area contributed by atoms with Gasteiger partial charge in [0.05, 0.1) is 5.69 Å². The zero-order valence-corrected chi connectivity index (χ0v) is 10.00. The SMILES string of the molecule is CC1CC(=O)CC(=Nc2cccc(Cl)c2)C1. The van der Waals surface area contributed by atoms with E-state index in [-0.39, 0.29) is 0 Å². The standard InChI is InChI=1S/C13H14ClNO/c1-9-5-12(8-13(16)6-9)15-11-4-2-3-10(14)7-11/h2-4,7,9H,5-6,8H2,1H3. The quantitative estimate of drug-likeness (QED) is 0.728. The van der Waals surface area contributed by atoms with Gasteiger partial charge in [0.2, 0.25) is 0 Å². The number of benzene rings is 1. The van der Waals surface area contributed by atoms with E-state index in [0.717, 1.165) is 17.8 Å². The van der Waals surface area contributed by atoms with Crippen molar-refractivity contribution in [2.75, 3.05) is 0 Å². The highest BCUT2D eigenvalue weighted by atomic mass is 35.5. The second kappa shape index (κ2) is 4.79. The van der Waals surface area contributed by atoms with E-state index in [0.29, 0.717) is 29.6 Å². The molecule has 3 heteroatoms. The lowest BCUT2D eigenvalue weighted by Gasteiger charge is -2.18. The molecule has 1 aliphatic carbocycles. The van der Waals surface area contributed by atoms with E-state index in [4.69, 9.17) is 11.6 Å². The smallest absolute Gasteiger partial charge is 0.138 e. The molecule has 2 rings (SSSR count). The Hall–Kier alpha value is -1.15. The number of aliphatic imine (C=N–C) groups is 1. The molecule has 84 valence electrons. The number of Topliss-reactive ketones (excluding diaryl/α,β-unsaturated/α-hetero) is 1. The second-order valence-corrected chi connectivity index (χ2v) is 4.82. The van der Waals surface area contributed by atoms with E-state index in [1.54, 1.807) is 0 Å². The summed E-state index contributed by atoms with van der Waals surface area (Å²) in [7, 11) is 0. The summed E-state index contributed by atoms with van der Waals surface area (Å²) < 4.78 is 0. The van der Waals surface area contributed by atoms with Crippen LogP contribution in [0, 0.1) is 5.92 Å². The number of carbonyl (C=O) groups is 1. The van der Waals surface area contributed by atoms with Crippen molar-refractivity contribution in [3.05, 3.63) is 29.3 Å². The molecule has 0 spiro atoms. The Kier molecular flexibility index (Phi) is 3.39. The molecular weight excluding hydrogens is 222 g/mol. The molecule has 0 radical (unpaired) electrons. The molecule has 0 bridgehead atoms. The van der Waals surface area contributed by atoms with Gasteiger partial charge in [-0.15, -0.1) is 0 Å². The monoisotopic (exact) mass is 235 g/mol. The molecule has 1 fully saturated rings. The second-order valence-electron chi connectivity index (χ2n) is 4.39. The molecule has 1 aliphatic rings. The molecule has 0 N–H and O–H groups in total. The van der Waals surface area contributed by atoms with E-state index < -0.39 is 0 Å². The number of rotatable bonds is 1. The van der Waals surface area contributed by atoms with Gasteiger partial charge in [-0.05, 0) is 30.5 Å². The van der Waals surface area contributed by atoms with Crippen LogP contribution in [-0.2, 0) is 4.79 Å². The van der Waals surface area contributed by atoms with Gasteiger partial charge in [-0.25, -0.2) is 0 Å². The number of carbonyl (C=O) groups excluding carboxylic acids is 1. The molecule has 16 heavy (non-hydrogen) atoms. The van der Waals surface area contributed by atoms with Crippen LogP contribution in [0.5, 0.6) is 0 Å². The third-order valence-electron chi connectivity index (χ3n) is 2.66. The summed E-state index contributed by atoms with van der Waals surface area (Å²) in [6, 6.07) is 7.41. The van der Waals surface area contributed by atoms with Gasteiger partial charge in [0, 0.05) is 23.6 Å². The lowest BCUT2D eigenvalue weighted by atomic mass is 9.88. The number of halogens is 1. The first-order chi connectivity index (χ1) is 7.63. The van der Waals surface area contributed by atoms with Crippen LogP contribution in [0.15, 0.2) is 29.3 Å². The van der Waals surface area contributed by atoms with Crippen LogP contribution in [0.3, 0.4) is 0 Å². The highest BCUT2D eigenvalue weighted by Gasteiger charge is 2.20. The van der Waals surface area contributed by atoms with Gasteiger partial charge in [-0.2, -0.15) is 0 Å². The minimum absolute atomic E-state index is 0.291. The van der Waals surface area contributed by atoms with Gasteiger partial charge < -0.3 is 0 Å². The highest BCUT2D eigenvalue weighted by molar-refractivity contribution is 6.30. The first kappa shape index (κ1) is 11.3. The van der Waals surface area contributed by atoms with Gasteiger partial charge >= 0.3 is 0 Å². The zero-order valence-electron chi connectivity index (χ0n) is 9.24. The highest BCUT2D eigenvalue weighted by Crippen LogP contribution is 2.23. The van der Waals surface area contributed by atoms with Gasteiger partial charge in [0.25, 0.3) is 0 Å². The number of hydrogen-bond donors (Lipinski definition) is 0. The molecule has 1 aromatic rings. The molecule has 0 aliphatic heterocycles. The van der Waals surface area contributed by atoms with Crippen molar-refractivity contribution in [3.63, 3.8) is 0 Å². The minimum Gasteiger partial charge on any atom is -0.299 e. The van der Waals surface area contributed by atoms with Crippen LogP contribution in [0.25, 0.3) is 0 Å². The maximum Gasteiger partial charge on any atom is 0.138 e. The largest absolute Gasteiger partial charge is 0.299 e. The molecule has 2 nitrogen and oxygen atoms in total. The Morgan fingerprint density at radius 1 is 1.38 bits per heavy atom. The van der Waals surface area contributed by atoms with E-state index >= 15 is 0 Å². The van der Waals surface area contributed by atoms with E-state index in [2.05, 4.69) is 11.9 Å². The maximum atomic E-state index is 11.4. The van der Waals surface area contributed by atoms with Gasteiger partial charge in [0.15, 0.2) is 0 Å². The van der Waals surface area contributed by atoms with Crippen molar-refractivity contribution in [2.24, 2.45) is 10.9 Å². The van der Waals surface area contributed by atoms with Crippen molar-refractivity contribution in [1.29, 1.82) is 0 Å². The fourth-order valence-electron chi connectivity index (χ4n) is 2.05. The zero-order chi connectivity index (χ0) is 11.5. The van der Waals surface area contributed by atoms with Crippen molar-refractivity contribution >= 4 is 28.8 Å². The predicted molar refractivity (Wildman–Crippen MR) is 66.6 cm³/mol. The van der Waals surface area contributed by atoms with Crippen molar-refractivity contribution in [3.8, 4) is 0 Å². The number of ketones is 1. The molecular formula is C13H14ClNO. The summed E-state index contributed by atoms with van der Waals surface area (Å²) in [6.45, 7) is 2.09. The summed E-state index contributed by atoms with van der Waals surface area (Å²) >= 11 is 5.88. The third-order valence-corrected chi connectivity index (χ3v) is 2.89. The molecule has 0 saturated heterocycles. The minimum atomic E-state index is 0.291. The number of nitrogens with zero attached hydrogens (tertiary/aromatic N) is 1. The topological polar surface area (TPSA) is 29.4 Å². The Bertz CT molecular complexity index is 439. The Balaban J connectivity index is 2.20. The molecule has 1 unspecified atom stereocenters. The van der Waals surface area contributed by atoms with Crippen LogP contribution >= 0.6 is 11.6 Å². The first-order valence-corrected chi connectivity index (χ1v) is 5.85. The third kappa shape index (κ3) is 2.92. The average molecular weight is 236 g/mol. The molecule has 0 amide bonds. The summed E-state index contributed by atoms with van der Waals surface area (Å²) in [4.78, 5) is 15.9. The van der Waals surface area contributed by atoms with Crippen LogP contribution < -0.4 is 0 Å². The molecule has 1 atom stereocenters. The summed E-state index contributed by atoms with van der Waals surface area (Å²) in [5, 5.41) is 0.678. The van der Waals surface area contributed by atoms with Crippen LogP contribution in [0.1, 0.15) is 26.2 Å². The van der Waals surface area contributed by atoms with Crippen LogP contribution in [-0.4, -0.2) is 11.5 Å². The van der Waals surface area contributed by atoms with Gasteiger partial charge in [-0.1, -0.05) is 24.6 Å². The fraction of sp³-hybridized carbons (Fsp3) is 0.385. The fourth-order valence-corrected chi connectivity index (χ4v) is 2.23. The van der Waals surface area contributed by atoms with Crippen molar-refractivity contribution < 1.29 is 4.79 Å². The van der Waals surface area contributed by atoms with Crippen molar-refractivity contribution in [1.82, 2.24) is 0 Å². The van der Waals surface area contributed by atoms with Gasteiger partial charge in [-0.3, -0.25) is 9.79 Å². The molecule has 1 aromatic carbocycles. The van der Waals surface area contributed by atoms with E-state index in [1.807, 2.05) is 24.3 Å². The Morgan fingerprint density at radius 3 is 2.88 bits per heavy atom. The Morgan fingerprint density at radius 2 is 2.19 bits per heavy atom. The van der Waals surface area contributed by atoms with Crippen LogP contribution in [0.4, 0.5) is 5.69 Å². The lowest BCUT2D eigenvalue weighted by molar-refractivity contribution is -0.119. The van der Waals surface area contributed by atoms with E-state index in [1.165, 1.54) is 0 Å². The summed E-state index contributed by atoms with van der Waals surface area (Å²) in [5.41, 5.74) is 1.82. The van der Waals surface area contributed by atoms with Crippen molar-refractivity contribution in [2.45, 2.75) is 26.2 Å². The predicted octanol–water partition coefficient (Wildman–Crippen LogP) is 3.80. The summed E-state index contributed by atoms with van der Waals surface area (Å²) in [6.07, 6.45) is 2.10. The van der Waals surface area contributed by atoms with E-state index in [9.17, 15) is 4.79 Å².